The van der Waals surface area contributed by atoms with E-state index in [1.54, 1.807) is 25.2 Å². The van der Waals surface area contributed by atoms with E-state index in [1.807, 2.05) is 12.1 Å². The first-order valence-electron chi connectivity index (χ1n) is 10.8. The molecule has 11 heteroatoms. The molecule has 1 N–H and O–H groups in total. The topological polar surface area (TPSA) is 70.1 Å². The fraction of sp³-hybridized carbons (Fsp3) is 0.333. The van der Waals surface area contributed by atoms with Gasteiger partial charge in [-0.3, -0.25) is 9.69 Å². The minimum absolute atomic E-state index is 0.0743. The van der Waals surface area contributed by atoms with E-state index in [-0.39, 0.29) is 31.2 Å². The van der Waals surface area contributed by atoms with Crippen LogP contribution in [0.1, 0.15) is 17.5 Å². The number of carbonyl (C=O) groups is 2. The summed E-state index contributed by atoms with van der Waals surface area (Å²) in [6.45, 7) is -0.0980. The number of carbonyl (C=O) groups excluding carboxylic acids is 2. The average Bonchev–Trinajstić information content (AvgIpc) is 3.18. The number of benzene rings is 2. The van der Waals surface area contributed by atoms with Crippen molar-refractivity contribution < 1.29 is 32.6 Å². The Bertz CT molecular complexity index is 1160. The molecule has 6 nitrogen and oxygen atoms in total. The summed E-state index contributed by atoms with van der Waals surface area (Å²) in [5, 5.41) is 9.21. The molecule has 0 spiro atoms. The van der Waals surface area contributed by atoms with Crippen LogP contribution in [0.3, 0.4) is 0 Å². The quantitative estimate of drug-likeness (QED) is 0.540. The number of hydrogen-bond acceptors (Lipinski definition) is 5. The molecule has 1 fully saturated rings. The number of amides is 3. The van der Waals surface area contributed by atoms with E-state index in [1.165, 1.54) is 34.9 Å². The maximum atomic E-state index is 13.5. The summed E-state index contributed by atoms with van der Waals surface area (Å²) in [5.74, 6) is -1.45. The van der Waals surface area contributed by atoms with Gasteiger partial charge in [-0.2, -0.15) is 0 Å². The lowest BCUT2D eigenvalue weighted by atomic mass is 9.88. The number of aliphatic hydroxyl groups is 1. The summed E-state index contributed by atoms with van der Waals surface area (Å²) in [4.78, 5) is 29.6. The van der Waals surface area contributed by atoms with E-state index >= 15 is 0 Å². The maximum Gasteiger partial charge on any atom is 0.573 e. The van der Waals surface area contributed by atoms with Crippen LogP contribution in [0.2, 0.25) is 5.02 Å². The first kappa shape index (κ1) is 25.4. The van der Waals surface area contributed by atoms with Crippen molar-refractivity contribution in [3.8, 4) is 5.75 Å². The fourth-order valence-electron chi connectivity index (χ4n) is 4.25. The van der Waals surface area contributed by atoms with Gasteiger partial charge in [-0.25, -0.2) is 4.79 Å². The third-order valence-electron chi connectivity index (χ3n) is 5.81. The number of rotatable bonds is 7. The molecule has 2 unspecified atom stereocenters. The van der Waals surface area contributed by atoms with Crippen molar-refractivity contribution in [2.45, 2.75) is 24.6 Å². The van der Waals surface area contributed by atoms with Crippen LogP contribution < -0.4 is 4.74 Å². The Kier molecular flexibility index (Phi) is 7.35. The maximum absolute atomic E-state index is 13.5. The van der Waals surface area contributed by atoms with Crippen molar-refractivity contribution in [3.63, 3.8) is 0 Å². The Balaban J connectivity index is 1.78. The van der Waals surface area contributed by atoms with Crippen molar-refractivity contribution in [2.24, 2.45) is 5.92 Å². The van der Waals surface area contributed by atoms with Crippen LogP contribution >= 0.6 is 23.4 Å². The summed E-state index contributed by atoms with van der Waals surface area (Å²) in [6, 6.07) is 12.2. The van der Waals surface area contributed by atoms with Gasteiger partial charge in [0.15, 0.2) is 0 Å². The third kappa shape index (κ3) is 5.44. The predicted molar refractivity (Wildman–Crippen MR) is 127 cm³/mol. The molecule has 0 aromatic heterocycles. The van der Waals surface area contributed by atoms with E-state index < -0.39 is 23.7 Å². The highest BCUT2D eigenvalue weighted by molar-refractivity contribution is 8.09. The molecule has 2 aliphatic rings. The molecule has 0 aliphatic carbocycles. The summed E-state index contributed by atoms with van der Waals surface area (Å²) < 4.78 is 42.5. The zero-order chi connectivity index (χ0) is 25.3. The number of thioether (sulfide) groups is 1. The minimum atomic E-state index is -4.84. The zero-order valence-corrected chi connectivity index (χ0v) is 20.2. The van der Waals surface area contributed by atoms with Gasteiger partial charge in [0.2, 0.25) is 5.91 Å². The average molecular weight is 527 g/mol. The highest BCUT2D eigenvalue weighted by Crippen LogP contribution is 2.52. The minimum Gasteiger partial charge on any atom is -0.406 e. The van der Waals surface area contributed by atoms with Gasteiger partial charge >= 0.3 is 12.4 Å². The number of aliphatic hydroxyl groups excluding tert-OH is 1. The van der Waals surface area contributed by atoms with E-state index in [0.29, 0.717) is 27.5 Å². The molecule has 1 saturated heterocycles. The van der Waals surface area contributed by atoms with E-state index in [2.05, 4.69) is 4.74 Å². The van der Waals surface area contributed by atoms with Crippen LogP contribution in [0.4, 0.5) is 18.0 Å². The van der Waals surface area contributed by atoms with E-state index in [9.17, 15) is 27.9 Å². The molecule has 0 bridgehead atoms. The second-order valence-corrected chi connectivity index (χ2v) is 9.74. The van der Waals surface area contributed by atoms with Gasteiger partial charge in [-0.1, -0.05) is 47.6 Å². The summed E-state index contributed by atoms with van der Waals surface area (Å²) in [7, 11) is 1.59. The van der Waals surface area contributed by atoms with Crippen molar-refractivity contribution in [3.05, 3.63) is 70.3 Å². The predicted octanol–water partition coefficient (Wildman–Crippen LogP) is 5.16. The summed E-state index contributed by atoms with van der Waals surface area (Å²) >= 11 is 7.28. The molecule has 186 valence electrons. The van der Waals surface area contributed by atoms with Crippen LogP contribution in [0.25, 0.3) is 4.91 Å². The largest absolute Gasteiger partial charge is 0.573 e. The lowest BCUT2D eigenvalue weighted by molar-refractivity contribution is -0.274. The molecule has 4 rings (SSSR count). The Labute approximate surface area is 209 Å². The number of alkyl halides is 3. The third-order valence-corrected chi connectivity index (χ3v) is 7.63. The van der Waals surface area contributed by atoms with Crippen LogP contribution in [-0.4, -0.2) is 58.8 Å². The van der Waals surface area contributed by atoms with Gasteiger partial charge in [-0.15, -0.1) is 13.2 Å². The molecule has 2 atom stereocenters. The fourth-order valence-corrected chi connectivity index (χ4v) is 5.89. The molecule has 35 heavy (non-hydrogen) atoms. The smallest absolute Gasteiger partial charge is 0.406 e. The van der Waals surface area contributed by atoms with Gasteiger partial charge in [-0.05, 0) is 53.8 Å². The standard InChI is InChI=1S/C24H22ClF3N2O4S/c1-29-22-19(21(32)30(23(29)33)10-3-11-31)18(12-14-6-8-16(25)9-7-14)20(35-22)15-4-2-5-17(13-15)34-24(26,27)28/h2,4-9,13,19,22,31H,3,10-12H2,1H3. The summed E-state index contributed by atoms with van der Waals surface area (Å²) in [5.41, 5.74) is 2.02. The molecule has 0 saturated carbocycles. The first-order valence-corrected chi connectivity index (χ1v) is 12.0. The van der Waals surface area contributed by atoms with E-state index in [0.717, 1.165) is 10.5 Å². The number of urea groups is 1. The van der Waals surface area contributed by atoms with Gasteiger partial charge in [0.05, 0.1) is 11.3 Å². The van der Waals surface area contributed by atoms with Crippen molar-refractivity contribution in [1.29, 1.82) is 0 Å². The van der Waals surface area contributed by atoms with E-state index in [4.69, 9.17) is 11.6 Å². The highest BCUT2D eigenvalue weighted by Gasteiger charge is 2.51. The number of halogens is 4. The normalized spacial score (nSPS) is 20.5. The van der Waals surface area contributed by atoms with Gasteiger partial charge in [0.25, 0.3) is 0 Å². The summed E-state index contributed by atoms with van der Waals surface area (Å²) in [6.07, 6.45) is -4.26. The number of fused-ring (bicyclic) bond motifs is 1. The molecule has 0 radical (unpaired) electrons. The molecule has 2 aliphatic heterocycles. The van der Waals surface area contributed by atoms with Crippen molar-refractivity contribution in [2.75, 3.05) is 20.2 Å². The molecule has 2 heterocycles. The van der Waals surface area contributed by atoms with Crippen LogP contribution in [0.15, 0.2) is 54.1 Å². The number of nitrogens with zero attached hydrogens (tertiary/aromatic N) is 2. The van der Waals surface area contributed by atoms with Crippen LogP contribution in [-0.2, 0) is 11.2 Å². The number of ether oxygens (including phenoxy) is 1. The van der Waals surface area contributed by atoms with Gasteiger partial charge in [0, 0.05) is 30.1 Å². The van der Waals surface area contributed by atoms with Crippen LogP contribution in [0.5, 0.6) is 5.75 Å². The lowest BCUT2D eigenvalue weighted by Gasteiger charge is -2.40. The molecule has 3 amide bonds. The molecule has 2 aromatic rings. The van der Waals surface area contributed by atoms with Gasteiger partial charge < -0.3 is 14.7 Å². The van der Waals surface area contributed by atoms with Crippen molar-refractivity contribution >= 4 is 40.2 Å². The van der Waals surface area contributed by atoms with Crippen LogP contribution in [0, 0.1) is 5.92 Å². The van der Waals surface area contributed by atoms with Gasteiger partial charge in [0.1, 0.15) is 5.75 Å². The molecule has 2 aromatic carbocycles. The highest BCUT2D eigenvalue weighted by atomic mass is 35.5. The second-order valence-electron chi connectivity index (χ2n) is 8.18. The Morgan fingerprint density at radius 1 is 1.14 bits per heavy atom. The monoisotopic (exact) mass is 526 g/mol. The Hall–Kier alpha value is -2.69. The Morgan fingerprint density at radius 3 is 2.51 bits per heavy atom. The molecular formula is C24H22ClF3N2O4S. The first-order chi connectivity index (χ1) is 16.6. The number of imide groups is 1. The lowest BCUT2D eigenvalue weighted by Crippen LogP contribution is -2.59. The van der Waals surface area contributed by atoms with Crippen molar-refractivity contribution in [1.82, 2.24) is 9.80 Å². The number of hydrogen-bond donors (Lipinski definition) is 1. The Morgan fingerprint density at radius 2 is 1.86 bits per heavy atom. The second kappa shape index (κ2) is 10.1. The SMILES string of the molecule is CN1C(=O)N(CCCO)C(=O)C2C(Cc3ccc(Cl)cc3)=C(c3cccc(OC(F)(F)F)c3)SC21. The molecular weight excluding hydrogens is 505 g/mol. The zero-order valence-electron chi connectivity index (χ0n) is 18.6.